The Morgan fingerprint density at radius 3 is 2.12 bits per heavy atom. The second-order valence-corrected chi connectivity index (χ2v) is 10.0. The predicted octanol–water partition coefficient (Wildman–Crippen LogP) is 5.62. The van der Waals surface area contributed by atoms with Gasteiger partial charge in [-0.2, -0.15) is 13.2 Å². The summed E-state index contributed by atoms with van der Waals surface area (Å²) in [6.45, 7) is 4.77. The SMILES string of the molecule is CCCCC(CC)CNC(=O)c1ccc(CN(c2ccc(C(F)(F)F)cc2)S(C)(=O)=O)cc1. The standard InChI is InChI=1S/C24H31F3N2O3S/c1-4-6-7-18(5-2)16-28-23(30)20-10-8-19(9-11-20)17-29(33(3,31)32)22-14-12-21(13-15-22)24(25,26)27/h8-15,18H,4-7,16-17H2,1-3H3,(H,28,30). The fourth-order valence-electron chi connectivity index (χ4n) is 3.43. The van der Waals surface area contributed by atoms with E-state index in [0.29, 0.717) is 23.6 Å². The number of rotatable bonds is 11. The van der Waals surface area contributed by atoms with Crippen LogP contribution in [0.2, 0.25) is 0 Å². The second-order valence-electron chi connectivity index (χ2n) is 8.14. The first-order valence-electron chi connectivity index (χ1n) is 11.0. The van der Waals surface area contributed by atoms with Crippen molar-refractivity contribution in [2.24, 2.45) is 5.92 Å². The lowest BCUT2D eigenvalue weighted by Crippen LogP contribution is -2.30. The maximum atomic E-state index is 12.8. The summed E-state index contributed by atoms with van der Waals surface area (Å²) in [6.07, 6.45) is 0.789. The minimum Gasteiger partial charge on any atom is -0.352 e. The number of sulfonamides is 1. The molecule has 2 rings (SSSR count). The Labute approximate surface area is 194 Å². The van der Waals surface area contributed by atoms with Crippen LogP contribution in [0.4, 0.5) is 18.9 Å². The molecule has 2 aromatic rings. The minimum atomic E-state index is -4.50. The van der Waals surface area contributed by atoms with Crippen molar-refractivity contribution >= 4 is 21.6 Å². The average molecular weight is 485 g/mol. The van der Waals surface area contributed by atoms with E-state index in [1.807, 2.05) is 0 Å². The zero-order chi connectivity index (χ0) is 24.6. The van der Waals surface area contributed by atoms with E-state index in [4.69, 9.17) is 0 Å². The molecule has 0 radical (unpaired) electrons. The van der Waals surface area contributed by atoms with Gasteiger partial charge in [-0.15, -0.1) is 0 Å². The van der Waals surface area contributed by atoms with Crippen molar-refractivity contribution in [1.82, 2.24) is 5.32 Å². The largest absolute Gasteiger partial charge is 0.416 e. The third-order valence-electron chi connectivity index (χ3n) is 5.52. The Hall–Kier alpha value is -2.55. The van der Waals surface area contributed by atoms with Gasteiger partial charge in [-0.3, -0.25) is 9.10 Å². The van der Waals surface area contributed by atoms with Gasteiger partial charge >= 0.3 is 6.18 Å². The van der Waals surface area contributed by atoms with Crippen LogP contribution in [-0.2, 0) is 22.7 Å². The molecule has 0 bridgehead atoms. The number of hydrogen-bond donors (Lipinski definition) is 1. The average Bonchev–Trinajstić information content (AvgIpc) is 2.76. The Morgan fingerprint density at radius 1 is 1.03 bits per heavy atom. The summed E-state index contributed by atoms with van der Waals surface area (Å²) in [5.74, 6) is 0.236. The van der Waals surface area contributed by atoms with Crippen molar-refractivity contribution < 1.29 is 26.4 Å². The first-order valence-corrected chi connectivity index (χ1v) is 12.8. The summed E-state index contributed by atoms with van der Waals surface area (Å²) < 4.78 is 64.0. The van der Waals surface area contributed by atoms with E-state index in [2.05, 4.69) is 19.2 Å². The van der Waals surface area contributed by atoms with Gasteiger partial charge in [0.15, 0.2) is 0 Å². The number of carbonyl (C=O) groups is 1. The van der Waals surface area contributed by atoms with Crippen molar-refractivity contribution in [3.63, 3.8) is 0 Å². The summed E-state index contributed by atoms with van der Waals surface area (Å²) in [5, 5.41) is 2.95. The van der Waals surface area contributed by atoms with Crippen LogP contribution in [-0.4, -0.2) is 27.1 Å². The Morgan fingerprint density at radius 2 is 1.64 bits per heavy atom. The van der Waals surface area contributed by atoms with Gasteiger partial charge < -0.3 is 5.32 Å². The molecule has 33 heavy (non-hydrogen) atoms. The molecule has 182 valence electrons. The summed E-state index contributed by atoms with van der Waals surface area (Å²) in [4.78, 5) is 12.5. The molecular formula is C24H31F3N2O3S. The number of carbonyl (C=O) groups excluding carboxylic acids is 1. The molecule has 0 spiro atoms. The molecule has 0 saturated heterocycles. The summed E-state index contributed by atoms with van der Waals surface area (Å²) in [6, 6.07) is 10.5. The molecule has 0 heterocycles. The highest BCUT2D eigenvalue weighted by Crippen LogP contribution is 2.31. The zero-order valence-corrected chi connectivity index (χ0v) is 20.0. The smallest absolute Gasteiger partial charge is 0.352 e. The van der Waals surface area contributed by atoms with Gasteiger partial charge in [0.05, 0.1) is 24.1 Å². The fourth-order valence-corrected chi connectivity index (χ4v) is 4.31. The molecule has 0 aliphatic heterocycles. The van der Waals surface area contributed by atoms with E-state index in [9.17, 15) is 26.4 Å². The molecule has 1 atom stereocenters. The van der Waals surface area contributed by atoms with E-state index < -0.39 is 21.8 Å². The van der Waals surface area contributed by atoms with Crippen molar-refractivity contribution in [3.05, 3.63) is 65.2 Å². The third kappa shape index (κ3) is 8.07. The van der Waals surface area contributed by atoms with Crippen molar-refractivity contribution in [2.75, 3.05) is 17.1 Å². The van der Waals surface area contributed by atoms with Crippen LogP contribution in [0.3, 0.4) is 0 Å². The molecule has 1 N–H and O–H groups in total. The maximum absolute atomic E-state index is 12.8. The quantitative estimate of drug-likeness (QED) is 0.450. The first kappa shape index (κ1) is 26.7. The van der Waals surface area contributed by atoms with Gasteiger partial charge in [0.25, 0.3) is 5.91 Å². The highest BCUT2D eigenvalue weighted by molar-refractivity contribution is 7.92. The molecule has 1 amide bonds. The number of nitrogens with zero attached hydrogens (tertiary/aromatic N) is 1. The van der Waals surface area contributed by atoms with Crippen molar-refractivity contribution in [3.8, 4) is 0 Å². The molecule has 5 nitrogen and oxygen atoms in total. The summed E-state index contributed by atoms with van der Waals surface area (Å²) in [5.41, 5.74) is 0.343. The maximum Gasteiger partial charge on any atom is 0.416 e. The number of anilines is 1. The molecule has 0 aliphatic rings. The van der Waals surface area contributed by atoms with E-state index in [-0.39, 0.29) is 18.1 Å². The highest BCUT2D eigenvalue weighted by atomic mass is 32.2. The number of nitrogens with one attached hydrogen (secondary N) is 1. The first-order chi connectivity index (χ1) is 15.5. The lowest BCUT2D eigenvalue weighted by Gasteiger charge is -2.23. The topological polar surface area (TPSA) is 66.5 Å². The fraction of sp³-hybridized carbons (Fsp3) is 0.458. The summed E-state index contributed by atoms with van der Waals surface area (Å²) >= 11 is 0. The van der Waals surface area contributed by atoms with Gasteiger partial charge in [0.2, 0.25) is 10.0 Å². The van der Waals surface area contributed by atoms with E-state index in [0.717, 1.165) is 60.5 Å². The van der Waals surface area contributed by atoms with E-state index >= 15 is 0 Å². The minimum absolute atomic E-state index is 0.0684. The normalized spacial score (nSPS) is 12.9. The molecule has 2 aromatic carbocycles. The third-order valence-corrected chi connectivity index (χ3v) is 6.66. The second kappa shape index (κ2) is 11.5. The number of halogens is 3. The number of unbranched alkanes of at least 4 members (excludes halogenated alkanes) is 1. The zero-order valence-electron chi connectivity index (χ0n) is 19.2. The van der Waals surface area contributed by atoms with Gasteiger partial charge in [0.1, 0.15) is 0 Å². The van der Waals surface area contributed by atoms with Crippen molar-refractivity contribution in [1.29, 1.82) is 0 Å². The number of alkyl halides is 3. The molecule has 0 aliphatic carbocycles. The van der Waals surface area contributed by atoms with Crippen molar-refractivity contribution in [2.45, 2.75) is 52.3 Å². The molecule has 0 fully saturated rings. The van der Waals surface area contributed by atoms with Crippen LogP contribution in [0.1, 0.15) is 61.0 Å². The number of benzene rings is 2. The van der Waals surface area contributed by atoms with Crippen LogP contribution in [0.5, 0.6) is 0 Å². The molecule has 1 unspecified atom stereocenters. The van der Waals surface area contributed by atoms with Gasteiger partial charge in [-0.25, -0.2) is 8.42 Å². The van der Waals surface area contributed by atoms with Gasteiger partial charge in [-0.1, -0.05) is 45.2 Å². The predicted molar refractivity (Wildman–Crippen MR) is 125 cm³/mol. The van der Waals surface area contributed by atoms with Crippen LogP contribution < -0.4 is 9.62 Å². The highest BCUT2D eigenvalue weighted by Gasteiger charge is 2.30. The summed E-state index contributed by atoms with van der Waals surface area (Å²) in [7, 11) is -3.75. The lowest BCUT2D eigenvalue weighted by molar-refractivity contribution is -0.137. The lowest BCUT2D eigenvalue weighted by atomic mass is 9.99. The molecule has 9 heteroatoms. The molecule has 0 aromatic heterocycles. The van der Waals surface area contributed by atoms with Crippen LogP contribution in [0, 0.1) is 5.92 Å². The van der Waals surface area contributed by atoms with E-state index in [1.54, 1.807) is 24.3 Å². The van der Waals surface area contributed by atoms with E-state index in [1.165, 1.54) is 0 Å². The van der Waals surface area contributed by atoms with Crippen LogP contribution in [0.25, 0.3) is 0 Å². The Bertz CT molecular complexity index is 1000. The molecule has 0 saturated carbocycles. The van der Waals surface area contributed by atoms with Crippen LogP contribution in [0.15, 0.2) is 48.5 Å². The Kier molecular flexibility index (Phi) is 9.34. The van der Waals surface area contributed by atoms with Crippen LogP contribution >= 0.6 is 0 Å². The number of amides is 1. The molecular weight excluding hydrogens is 453 g/mol. The monoisotopic (exact) mass is 484 g/mol. The number of hydrogen-bond acceptors (Lipinski definition) is 3. The van der Waals surface area contributed by atoms with Gasteiger partial charge in [-0.05, 0) is 54.3 Å². The van der Waals surface area contributed by atoms with Gasteiger partial charge in [0, 0.05) is 12.1 Å². The Balaban J connectivity index is 2.09.